The largest absolute Gasteiger partial charge is 0.293 e. The van der Waals surface area contributed by atoms with E-state index in [0.717, 1.165) is 0 Å². The Bertz CT molecular complexity index is 90.7. The molecule has 1 saturated heterocycles. The molecule has 0 radical (unpaired) electrons. The van der Waals surface area contributed by atoms with E-state index >= 15 is 0 Å². The van der Waals surface area contributed by atoms with Crippen LogP contribution in [0, 0.1) is 0 Å². The zero-order valence-electron chi connectivity index (χ0n) is 4.85. The van der Waals surface area contributed by atoms with Gasteiger partial charge in [-0.2, -0.15) is 0 Å². The van der Waals surface area contributed by atoms with Crippen molar-refractivity contribution in [3.8, 4) is 0 Å². The summed E-state index contributed by atoms with van der Waals surface area (Å²) in [7, 11) is 0. The summed E-state index contributed by atoms with van der Waals surface area (Å²) in [4.78, 5) is 0.345. The van der Waals surface area contributed by atoms with Crippen LogP contribution in [0.2, 0.25) is 0 Å². The highest BCUT2D eigenvalue weighted by atomic mass is 32.2. The van der Waals surface area contributed by atoms with Gasteiger partial charge in [-0.25, -0.2) is 0 Å². The minimum Gasteiger partial charge on any atom is -0.293 e. The average Bonchev–Trinajstić information content (AvgIpc) is 2.52. The molecule has 8 heavy (non-hydrogen) atoms. The molecule has 0 aromatic carbocycles. The number of rotatable bonds is 0. The van der Waals surface area contributed by atoms with Crippen LogP contribution < -0.4 is 0 Å². The molecule has 0 aromatic rings. The zero-order chi connectivity index (χ0) is 5.45. The first-order valence-corrected chi connectivity index (χ1v) is 4.02. The highest BCUT2D eigenvalue weighted by molar-refractivity contribution is 8.01. The van der Waals surface area contributed by atoms with Crippen LogP contribution in [0.15, 0.2) is 0 Å². The maximum absolute atomic E-state index is 5.25. The van der Waals surface area contributed by atoms with Crippen molar-refractivity contribution in [3.05, 3.63) is 0 Å². The summed E-state index contributed by atoms with van der Waals surface area (Å²) < 4.78 is 5.25. The van der Waals surface area contributed by atoms with Gasteiger partial charge in [-0.05, 0) is 25.7 Å². The van der Waals surface area contributed by atoms with Crippen LogP contribution >= 0.6 is 12.0 Å². The minimum atomic E-state index is 0.345. The van der Waals surface area contributed by atoms with Crippen molar-refractivity contribution < 1.29 is 4.18 Å². The molecule has 1 spiro atoms. The van der Waals surface area contributed by atoms with Gasteiger partial charge >= 0.3 is 0 Å². The summed E-state index contributed by atoms with van der Waals surface area (Å²) >= 11 is 1.69. The molecule has 2 rings (SSSR count). The van der Waals surface area contributed by atoms with E-state index in [2.05, 4.69) is 0 Å². The molecule has 1 heterocycles. The third-order valence-electron chi connectivity index (χ3n) is 1.93. The van der Waals surface area contributed by atoms with Crippen molar-refractivity contribution in [1.29, 1.82) is 0 Å². The lowest BCUT2D eigenvalue weighted by molar-refractivity contribution is 0.241. The number of hydrogen-bond acceptors (Lipinski definition) is 2. The van der Waals surface area contributed by atoms with E-state index in [-0.39, 0.29) is 0 Å². The first-order chi connectivity index (χ1) is 3.91. The van der Waals surface area contributed by atoms with Crippen molar-refractivity contribution in [2.24, 2.45) is 0 Å². The van der Waals surface area contributed by atoms with Crippen LogP contribution in [-0.2, 0) is 4.18 Å². The monoisotopic (exact) mass is 130 g/mol. The van der Waals surface area contributed by atoms with E-state index < -0.39 is 0 Å². The van der Waals surface area contributed by atoms with Gasteiger partial charge in [-0.3, -0.25) is 4.18 Å². The maximum Gasteiger partial charge on any atom is 0.153 e. The minimum absolute atomic E-state index is 0.345. The molecule has 46 valence electrons. The molecule has 1 aliphatic heterocycles. The summed E-state index contributed by atoms with van der Waals surface area (Å²) in [5.74, 6) is 0. The van der Waals surface area contributed by atoms with Gasteiger partial charge in [0.05, 0.1) is 0 Å². The zero-order valence-corrected chi connectivity index (χ0v) is 5.67. The van der Waals surface area contributed by atoms with E-state index in [1.165, 1.54) is 32.1 Å². The Morgan fingerprint density at radius 1 is 1.12 bits per heavy atom. The van der Waals surface area contributed by atoms with Crippen LogP contribution in [0.25, 0.3) is 0 Å². The second kappa shape index (κ2) is 1.64. The summed E-state index contributed by atoms with van der Waals surface area (Å²) in [5.41, 5.74) is 0. The Balaban J connectivity index is 1.95. The van der Waals surface area contributed by atoms with Crippen LogP contribution in [0.3, 0.4) is 0 Å². The molecule has 0 aromatic heterocycles. The number of hydrogen-bond donors (Lipinski definition) is 0. The smallest absolute Gasteiger partial charge is 0.153 e. The van der Waals surface area contributed by atoms with Crippen molar-refractivity contribution >= 4 is 12.0 Å². The van der Waals surface area contributed by atoms with E-state index in [1.807, 2.05) is 0 Å². The highest BCUT2D eigenvalue weighted by Gasteiger charge is 2.47. The second-order valence-electron chi connectivity index (χ2n) is 2.64. The molecule has 2 aliphatic rings. The predicted octanol–water partition coefficient (Wildman–Crippen LogP) is 2.33. The quantitative estimate of drug-likeness (QED) is 0.368. The SMILES string of the molecule is C1CCC2(CC1)OS2. The van der Waals surface area contributed by atoms with E-state index in [4.69, 9.17) is 4.18 Å². The fourth-order valence-corrected chi connectivity index (χ4v) is 2.06. The van der Waals surface area contributed by atoms with Crippen molar-refractivity contribution in [1.82, 2.24) is 0 Å². The standard InChI is InChI=1S/C6H10OS/c1-2-4-6(5-3-1)7-8-6/h1-5H2. The van der Waals surface area contributed by atoms with E-state index in [9.17, 15) is 0 Å². The lowest BCUT2D eigenvalue weighted by atomic mass is 9.98. The molecule has 0 unspecified atom stereocenters. The van der Waals surface area contributed by atoms with Gasteiger partial charge in [0.15, 0.2) is 4.93 Å². The van der Waals surface area contributed by atoms with Crippen LogP contribution in [0.5, 0.6) is 0 Å². The topological polar surface area (TPSA) is 12.5 Å². The first-order valence-electron chi connectivity index (χ1n) is 3.28. The van der Waals surface area contributed by atoms with Gasteiger partial charge in [0.2, 0.25) is 0 Å². The normalized spacial score (nSPS) is 33.0. The Hall–Kier alpha value is 0.310. The molecule has 1 aliphatic carbocycles. The summed E-state index contributed by atoms with van der Waals surface area (Å²) in [6.07, 6.45) is 6.79. The Morgan fingerprint density at radius 2 is 1.75 bits per heavy atom. The lowest BCUT2D eigenvalue weighted by Gasteiger charge is -2.13. The molecule has 2 fully saturated rings. The van der Waals surface area contributed by atoms with Gasteiger partial charge in [-0.1, -0.05) is 6.42 Å². The molecule has 0 amide bonds. The van der Waals surface area contributed by atoms with Gasteiger partial charge < -0.3 is 0 Å². The molecule has 0 N–H and O–H groups in total. The highest BCUT2D eigenvalue weighted by Crippen LogP contribution is 2.56. The van der Waals surface area contributed by atoms with E-state index in [1.54, 1.807) is 12.0 Å². The Kier molecular flexibility index (Phi) is 1.05. The molecule has 0 atom stereocenters. The first kappa shape index (κ1) is 5.12. The van der Waals surface area contributed by atoms with Gasteiger partial charge in [0.25, 0.3) is 0 Å². The molecule has 1 saturated carbocycles. The predicted molar refractivity (Wildman–Crippen MR) is 34.5 cm³/mol. The van der Waals surface area contributed by atoms with Crippen molar-refractivity contribution in [2.45, 2.75) is 37.0 Å². The molecule has 2 heteroatoms. The van der Waals surface area contributed by atoms with Gasteiger partial charge in [0.1, 0.15) is 0 Å². The summed E-state index contributed by atoms with van der Waals surface area (Å²) in [6, 6.07) is 0. The fourth-order valence-electron chi connectivity index (χ4n) is 1.32. The lowest BCUT2D eigenvalue weighted by Crippen LogP contribution is -2.11. The maximum atomic E-state index is 5.25. The third-order valence-corrected chi connectivity index (χ3v) is 2.98. The molecular formula is C6H10OS. The Labute approximate surface area is 54.0 Å². The second-order valence-corrected chi connectivity index (χ2v) is 3.72. The molecular weight excluding hydrogens is 120 g/mol. The van der Waals surface area contributed by atoms with Crippen LogP contribution in [-0.4, -0.2) is 4.93 Å². The van der Waals surface area contributed by atoms with Crippen LogP contribution in [0.1, 0.15) is 32.1 Å². The third kappa shape index (κ3) is 0.759. The fraction of sp³-hybridized carbons (Fsp3) is 1.00. The Morgan fingerprint density at radius 3 is 2.12 bits per heavy atom. The van der Waals surface area contributed by atoms with Crippen molar-refractivity contribution in [2.75, 3.05) is 0 Å². The molecule has 1 nitrogen and oxygen atoms in total. The van der Waals surface area contributed by atoms with E-state index in [0.29, 0.717) is 4.93 Å². The summed E-state index contributed by atoms with van der Waals surface area (Å²) in [5, 5.41) is 0. The van der Waals surface area contributed by atoms with Crippen molar-refractivity contribution in [3.63, 3.8) is 0 Å². The van der Waals surface area contributed by atoms with Gasteiger partial charge in [-0.15, -0.1) is 0 Å². The van der Waals surface area contributed by atoms with Crippen LogP contribution in [0.4, 0.5) is 0 Å². The van der Waals surface area contributed by atoms with Gasteiger partial charge in [0, 0.05) is 12.0 Å². The summed E-state index contributed by atoms with van der Waals surface area (Å²) in [6.45, 7) is 0. The molecule has 0 bridgehead atoms. The average molecular weight is 130 g/mol.